The third-order valence-corrected chi connectivity index (χ3v) is 2.31. The molecular weight excluding hydrogens is 220 g/mol. The smallest absolute Gasteiger partial charge is 0.435 e. The summed E-state index contributed by atoms with van der Waals surface area (Å²) in [6, 6.07) is 0. The van der Waals surface area contributed by atoms with Crippen LogP contribution in [0.5, 0.6) is 0 Å². The van der Waals surface area contributed by atoms with Crippen LogP contribution in [-0.4, -0.2) is 24.2 Å². The summed E-state index contributed by atoms with van der Waals surface area (Å²) in [5, 5.41) is 9.49. The highest BCUT2D eigenvalue weighted by Crippen LogP contribution is 2.15. The highest BCUT2D eigenvalue weighted by Gasteiger charge is 2.15. The average Bonchev–Trinajstić information content (AvgIpc) is 2.16. The molecule has 4 nitrogen and oxygen atoms in total. The van der Waals surface area contributed by atoms with E-state index in [1.54, 1.807) is 6.92 Å². The number of rotatable bonds is 7. The molecule has 0 saturated heterocycles. The van der Waals surface area contributed by atoms with Crippen LogP contribution in [0, 0.1) is 5.92 Å². The van der Waals surface area contributed by atoms with Gasteiger partial charge in [-0.25, -0.2) is 4.79 Å². The fourth-order valence-electron chi connectivity index (χ4n) is 1.43. The third-order valence-electron chi connectivity index (χ3n) is 2.31. The molecule has 0 bridgehead atoms. The number of ether oxygens (including phenoxy) is 2. The Hall–Kier alpha value is -1.03. The van der Waals surface area contributed by atoms with Crippen LogP contribution < -0.4 is 0 Å². The Morgan fingerprint density at radius 1 is 1.41 bits per heavy atom. The van der Waals surface area contributed by atoms with Crippen molar-refractivity contribution in [2.45, 2.75) is 53.2 Å². The predicted octanol–water partition coefficient (Wildman–Crippen LogP) is 3.25. The Kier molecular flexibility index (Phi) is 8.50. The monoisotopic (exact) mass is 244 g/mol. The molecule has 2 atom stereocenters. The van der Waals surface area contributed by atoms with Crippen molar-refractivity contribution in [1.82, 2.24) is 0 Å². The van der Waals surface area contributed by atoms with Crippen LogP contribution in [0.25, 0.3) is 0 Å². The first-order valence-corrected chi connectivity index (χ1v) is 6.10. The molecule has 0 spiro atoms. The van der Waals surface area contributed by atoms with Gasteiger partial charge in [0.1, 0.15) is 0 Å². The molecule has 0 aliphatic heterocycles. The lowest BCUT2D eigenvalue weighted by Crippen LogP contribution is -2.20. The highest BCUT2D eigenvalue weighted by atomic mass is 16.8. The summed E-state index contributed by atoms with van der Waals surface area (Å²) in [5.41, 5.74) is 1.29. The molecule has 0 aromatic heterocycles. The van der Waals surface area contributed by atoms with Crippen molar-refractivity contribution in [3.63, 3.8) is 0 Å². The molecule has 0 rings (SSSR count). The number of allylic oxidation sites excluding steroid dienone is 2. The quantitative estimate of drug-likeness (QED) is 0.424. The second-order valence-corrected chi connectivity index (χ2v) is 4.46. The molecule has 4 heteroatoms. The maximum atomic E-state index is 10.9. The summed E-state index contributed by atoms with van der Waals surface area (Å²) >= 11 is 0. The molecule has 0 aromatic rings. The fraction of sp³-hybridized carbons (Fsp3) is 0.769. The Morgan fingerprint density at radius 3 is 2.59 bits per heavy atom. The van der Waals surface area contributed by atoms with E-state index in [1.807, 2.05) is 6.92 Å². The molecule has 0 aliphatic rings. The zero-order chi connectivity index (χ0) is 13.3. The average molecular weight is 244 g/mol. The topological polar surface area (TPSA) is 55.8 Å². The second kappa shape index (κ2) is 9.05. The Balaban J connectivity index is 3.75. The lowest BCUT2D eigenvalue weighted by atomic mass is 10.0. The Morgan fingerprint density at radius 2 is 2.06 bits per heavy atom. The van der Waals surface area contributed by atoms with E-state index in [1.165, 1.54) is 5.57 Å². The van der Waals surface area contributed by atoms with Crippen molar-refractivity contribution in [3.8, 4) is 0 Å². The molecule has 0 aromatic carbocycles. The SMILES string of the molecule is CCOC(=O)OC(O)CC(C)CCC=C(C)C. The largest absolute Gasteiger partial charge is 0.510 e. The van der Waals surface area contributed by atoms with Crippen LogP contribution in [0.3, 0.4) is 0 Å². The van der Waals surface area contributed by atoms with Crippen LogP contribution in [-0.2, 0) is 9.47 Å². The molecule has 0 fully saturated rings. The van der Waals surface area contributed by atoms with E-state index in [0.717, 1.165) is 12.8 Å². The second-order valence-electron chi connectivity index (χ2n) is 4.46. The van der Waals surface area contributed by atoms with Crippen molar-refractivity contribution in [2.24, 2.45) is 5.92 Å². The minimum atomic E-state index is -1.07. The molecule has 0 radical (unpaired) electrons. The molecular formula is C13H24O4. The van der Waals surface area contributed by atoms with Gasteiger partial charge in [-0.3, -0.25) is 0 Å². The van der Waals surface area contributed by atoms with Crippen molar-refractivity contribution in [3.05, 3.63) is 11.6 Å². The highest BCUT2D eigenvalue weighted by molar-refractivity contribution is 5.59. The van der Waals surface area contributed by atoms with Crippen molar-refractivity contribution < 1.29 is 19.4 Å². The predicted molar refractivity (Wildman–Crippen MR) is 66.6 cm³/mol. The van der Waals surface area contributed by atoms with Gasteiger partial charge in [-0.2, -0.15) is 0 Å². The Bertz CT molecular complexity index is 244. The minimum absolute atomic E-state index is 0.252. The van der Waals surface area contributed by atoms with Crippen molar-refractivity contribution in [1.29, 1.82) is 0 Å². The molecule has 2 unspecified atom stereocenters. The van der Waals surface area contributed by atoms with E-state index >= 15 is 0 Å². The van der Waals surface area contributed by atoms with Crippen LogP contribution in [0.1, 0.15) is 47.0 Å². The molecule has 0 aliphatic carbocycles. The molecule has 0 saturated carbocycles. The van der Waals surface area contributed by atoms with E-state index in [0.29, 0.717) is 12.3 Å². The minimum Gasteiger partial charge on any atom is -0.435 e. The number of aliphatic hydroxyl groups excluding tert-OH is 1. The zero-order valence-corrected chi connectivity index (χ0v) is 11.2. The van der Waals surface area contributed by atoms with Crippen LogP contribution >= 0.6 is 0 Å². The first-order chi connectivity index (χ1) is 7.95. The van der Waals surface area contributed by atoms with Gasteiger partial charge in [0.15, 0.2) is 0 Å². The number of carbonyl (C=O) groups is 1. The molecule has 1 N–H and O–H groups in total. The summed E-state index contributed by atoms with van der Waals surface area (Å²) < 4.78 is 9.24. The zero-order valence-electron chi connectivity index (χ0n) is 11.2. The number of carbonyl (C=O) groups excluding carboxylic acids is 1. The van der Waals surface area contributed by atoms with Crippen molar-refractivity contribution >= 4 is 6.16 Å². The lowest BCUT2D eigenvalue weighted by Gasteiger charge is -2.15. The van der Waals surface area contributed by atoms with Gasteiger partial charge in [-0.1, -0.05) is 18.6 Å². The maximum Gasteiger partial charge on any atom is 0.510 e. The number of hydrogen-bond acceptors (Lipinski definition) is 4. The molecule has 100 valence electrons. The standard InChI is InChI=1S/C13H24O4/c1-5-16-13(15)17-12(14)9-11(4)8-6-7-10(2)3/h7,11-12,14H,5-6,8-9H2,1-4H3. The van der Waals surface area contributed by atoms with Crippen LogP contribution in [0.2, 0.25) is 0 Å². The number of aliphatic hydroxyl groups is 1. The summed E-state index contributed by atoms with van der Waals surface area (Å²) in [5.74, 6) is 0.301. The third kappa shape index (κ3) is 9.87. The van der Waals surface area contributed by atoms with Gasteiger partial charge < -0.3 is 14.6 Å². The first kappa shape index (κ1) is 16.0. The fourth-order valence-corrected chi connectivity index (χ4v) is 1.43. The summed E-state index contributed by atoms with van der Waals surface area (Å²) in [4.78, 5) is 10.9. The summed E-state index contributed by atoms with van der Waals surface area (Å²) in [6.45, 7) is 8.08. The van der Waals surface area contributed by atoms with Gasteiger partial charge in [0.05, 0.1) is 6.61 Å². The van der Waals surface area contributed by atoms with Crippen LogP contribution in [0.4, 0.5) is 4.79 Å². The van der Waals surface area contributed by atoms with E-state index in [-0.39, 0.29) is 6.61 Å². The van der Waals surface area contributed by atoms with Gasteiger partial charge in [0, 0.05) is 6.42 Å². The summed E-state index contributed by atoms with van der Waals surface area (Å²) in [6.07, 6.45) is 2.67. The molecule has 0 amide bonds. The first-order valence-electron chi connectivity index (χ1n) is 6.10. The van der Waals surface area contributed by atoms with E-state index in [2.05, 4.69) is 29.4 Å². The van der Waals surface area contributed by atoms with Crippen LogP contribution in [0.15, 0.2) is 11.6 Å². The van der Waals surface area contributed by atoms with E-state index in [4.69, 9.17) is 0 Å². The Labute approximate surface area is 104 Å². The lowest BCUT2D eigenvalue weighted by molar-refractivity contribution is -0.0895. The van der Waals surface area contributed by atoms with Gasteiger partial charge in [0.25, 0.3) is 0 Å². The van der Waals surface area contributed by atoms with Gasteiger partial charge in [0.2, 0.25) is 6.29 Å². The maximum absolute atomic E-state index is 10.9. The normalized spacial score (nSPS) is 13.7. The van der Waals surface area contributed by atoms with Gasteiger partial charge in [-0.05, 0) is 39.5 Å². The van der Waals surface area contributed by atoms with Gasteiger partial charge >= 0.3 is 6.16 Å². The van der Waals surface area contributed by atoms with Gasteiger partial charge in [-0.15, -0.1) is 0 Å². The van der Waals surface area contributed by atoms with E-state index in [9.17, 15) is 9.90 Å². The number of hydrogen-bond donors (Lipinski definition) is 1. The molecule has 17 heavy (non-hydrogen) atoms. The van der Waals surface area contributed by atoms with Crippen molar-refractivity contribution in [2.75, 3.05) is 6.61 Å². The molecule has 0 heterocycles. The van der Waals surface area contributed by atoms with E-state index < -0.39 is 12.4 Å². The summed E-state index contributed by atoms with van der Waals surface area (Å²) in [7, 11) is 0.